The molecule has 0 aliphatic rings. The third kappa shape index (κ3) is 2.01. The number of hydrogen-bond acceptors (Lipinski definition) is 4. The van der Waals surface area contributed by atoms with Gasteiger partial charge in [-0.05, 0) is 24.3 Å². The number of phenolic OH excluding ortho intramolecular Hbond substituents is 2. The predicted molar refractivity (Wildman–Crippen MR) is 70.1 cm³/mol. The average Bonchev–Trinajstić information content (AvgIpc) is 2.89. The largest absolute Gasteiger partial charge is 0.507 e. The van der Waals surface area contributed by atoms with Gasteiger partial charge in [0.05, 0.1) is 17.4 Å². The summed E-state index contributed by atoms with van der Waals surface area (Å²) < 4.78 is 1.58. The molecule has 0 unspecified atom stereocenters. The molecular weight excluding hydrogens is 242 g/mol. The van der Waals surface area contributed by atoms with Gasteiger partial charge in [0, 0.05) is 0 Å². The maximum Gasteiger partial charge on any atom is 0.128 e. The Morgan fingerprint density at radius 2 is 1.53 bits per heavy atom. The molecule has 1 heterocycles. The second kappa shape index (κ2) is 4.45. The Labute approximate surface area is 109 Å². The second-order valence-corrected chi connectivity index (χ2v) is 4.06. The topological polar surface area (TPSA) is 71.2 Å². The number of hydrogen-bond donors (Lipinski definition) is 2. The fourth-order valence-corrected chi connectivity index (χ4v) is 1.88. The minimum absolute atomic E-state index is 0.0277. The first-order valence-electron chi connectivity index (χ1n) is 5.75. The number of nitrogens with zero attached hydrogens (tertiary/aromatic N) is 3. The quantitative estimate of drug-likeness (QED) is 0.735. The van der Waals surface area contributed by atoms with Gasteiger partial charge >= 0.3 is 0 Å². The number of benzene rings is 2. The van der Waals surface area contributed by atoms with Crippen LogP contribution in [0.3, 0.4) is 0 Å². The molecule has 0 aliphatic carbocycles. The van der Waals surface area contributed by atoms with E-state index in [9.17, 15) is 10.2 Å². The molecule has 94 valence electrons. The van der Waals surface area contributed by atoms with Gasteiger partial charge in [0.1, 0.15) is 17.2 Å². The van der Waals surface area contributed by atoms with Crippen molar-refractivity contribution in [1.29, 1.82) is 0 Å². The summed E-state index contributed by atoms with van der Waals surface area (Å²) in [4.78, 5) is 0. The Morgan fingerprint density at radius 1 is 0.842 bits per heavy atom. The van der Waals surface area contributed by atoms with Crippen LogP contribution in [0.15, 0.2) is 54.7 Å². The highest BCUT2D eigenvalue weighted by molar-refractivity contribution is 5.72. The molecule has 3 rings (SSSR count). The first-order valence-corrected chi connectivity index (χ1v) is 5.75. The molecule has 0 saturated carbocycles. The van der Waals surface area contributed by atoms with Gasteiger partial charge in [-0.3, -0.25) is 0 Å². The zero-order valence-corrected chi connectivity index (χ0v) is 9.93. The molecule has 0 saturated heterocycles. The van der Waals surface area contributed by atoms with Crippen LogP contribution in [0.2, 0.25) is 0 Å². The molecular formula is C14H11N3O2. The van der Waals surface area contributed by atoms with Gasteiger partial charge in [-0.1, -0.05) is 29.5 Å². The van der Waals surface area contributed by atoms with Crippen LogP contribution in [-0.4, -0.2) is 25.2 Å². The molecule has 2 aromatic carbocycles. The Kier molecular flexibility index (Phi) is 2.64. The monoisotopic (exact) mass is 253 g/mol. The molecule has 0 amide bonds. The Balaban J connectivity index is 2.07. The van der Waals surface area contributed by atoms with Crippen LogP contribution < -0.4 is 0 Å². The summed E-state index contributed by atoms with van der Waals surface area (Å²) in [6, 6.07) is 14.0. The number of para-hydroxylation sites is 1. The normalized spacial score (nSPS) is 10.5. The van der Waals surface area contributed by atoms with E-state index in [0.29, 0.717) is 5.69 Å². The van der Waals surface area contributed by atoms with E-state index in [1.54, 1.807) is 16.9 Å². The number of aromatic nitrogens is 3. The molecule has 3 aromatic rings. The number of rotatable bonds is 2. The zero-order chi connectivity index (χ0) is 13.2. The van der Waals surface area contributed by atoms with Crippen molar-refractivity contribution >= 4 is 0 Å². The summed E-state index contributed by atoms with van der Waals surface area (Å²) in [5.41, 5.74) is 1.56. The highest BCUT2D eigenvalue weighted by Gasteiger charge is 2.13. The zero-order valence-electron chi connectivity index (χ0n) is 9.93. The molecule has 19 heavy (non-hydrogen) atoms. The summed E-state index contributed by atoms with van der Waals surface area (Å²) in [5.74, 6) is -0.0553. The highest BCUT2D eigenvalue weighted by atomic mass is 16.3. The first-order chi connectivity index (χ1) is 9.25. The molecule has 0 spiro atoms. The van der Waals surface area contributed by atoms with E-state index in [1.165, 1.54) is 12.1 Å². The van der Waals surface area contributed by atoms with Crippen LogP contribution in [0.25, 0.3) is 16.9 Å². The minimum atomic E-state index is -0.0277. The van der Waals surface area contributed by atoms with Crippen LogP contribution in [-0.2, 0) is 0 Å². The van der Waals surface area contributed by atoms with Crippen molar-refractivity contribution in [3.63, 3.8) is 0 Å². The second-order valence-electron chi connectivity index (χ2n) is 4.06. The van der Waals surface area contributed by atoms with E-state index in [0.717, 1.165) is 5.69 Å². The molecule has 0 atom stereocenters. The molecule has 0 bridgehead atoms. The predicted octanol–water partition coefficient (Wildman–Crippen LogP) is 2.35. The van der Waals surface area contributed by atoms with Crippen molar-refractivity contribution in [3.8, 4) is 28.4 Å². The van der Waals surface area contributed by atoms with Crippen molar-refractivity contribution in [2.24, 2.45) is 0 Å². The number of aromatic hydroxyl groups is 2. The van der Waals surface area contributed by atoms with Gasteiger partial charge < -0.3 is 10.2 Å². The van der Waals surface area contributed by atoms with Gasteiger partial charge in [0.2, 0.25) is 0 Å². The SMILES string of the molecule is Oc1cccc(O)c1-c1cn(-c2ccccc2)nn1. The third-order valence-electron chi connectivity index (χ3n) is 2.79. The lowest BCUT2D eigenvalue weighted by atomic mass is 10.1. The van der Waals surface area contributed by atoms with E-state index in [4.69, 9.17) is 0 Å². The van der Waals surface area contributed by atoms with Crippen molar-refractivity contribution in [2.75, 3.05) is 0 Å². The summed E-state index contributed by atoms with van der Waals surface area (Å²) in [7, 11) is 0. The lowest BCUT2D eigenvalue weighted by Gasteiger charge is -2.02. The summed E-state index contributed by atoms with van der Waals surface area (Å²) >= 11 is 0. The molecule has 1 aromatic heterocycles. The lowest BCUT2D eigenvalue weighted by molar-refractivity contribution is 0.454. The Morgan fingerprint density at radius 3 is 2.21 bits per heavy atom. The summed E-state index contributed by atoms with van der Waals surface area (Å²) in [6.07, 6.45) is 1.66. The van der Waals surface area contributed by atoms with Crippen LogP contribution in [0.4, 0.5) is 0 Å². The first kappa shape index (κ1) is 11.3. The van der Waals surface area contributed by atoms with E-state index >= 15 is 0 Å². The smallest absolute Gasteiger partial charge is 0.128 e. The van der Waals surface area contributed by atoms with Crippen LogP contribution >= 0.6 is 0 Å². The fraction of sp³-hybridized carbons (Fsp3) is 0. The van der Waals surface area contributed by atoms with Crippen LogP contribution in [0.5, 0.6) is 11.5 Å². The molecule has 0 radical (unpaired) electrons. The van der Waals surface area contributed by atoms with Crippen molar-refractivity contribution in [1.82, 2.24) is 15.0 Å². The van der Waals surface area contributed by atoms with Gasteiger partial charge in [-0.15, -0.1) is 5.10 Å². The van der Waals surface area contributed by atoms with Gasteiger partial charge in [0.25, 0.3) is 0 Å². The maximum atomic E-state index is 9.79. The van der Waals surface area contributed by atoms with Crippen molar-refractivity contribution in [3.05, 3.63) is 54.7 Å². The van der Waals surface area contributed by atoms with Crippen LogP contribution in [0.1, 0.15) is 0 Å². The molecule has 0 aliphatic heterocycles. The van der Waals surface area contributed by atoms with E-state index in [1.807, 2.05) is 30.3 Å². The van der Waals surface area contributed by atoms with E-state index in [-0.39, 0.29) is 17.1 Å². The standard InChI is InChI=1S/C14H11N3O2/c18-12-7-4-8-13(19)14(12)11-9-17(16-15-11)10-5-2-1-3-6-10/h1-9,18-19H. The summed E-state index contributed by atoms with van der Waals surface area (Å²) in [5, 5.41) is 27.5. The number of phenols is 2. The van der Waals surface area contributed by atoms with Gasteiger partial charge in [-0.2, -0.15) is 0 Å². The molecule has 5 heteroatoms. The highest BCUT2D eigenvalue weighted by Crippen LogP contribution is 2.35. The van der Waals surface area contributed by atoms with Gasteiger partial charge in [0.15, 0.2) is 0 Å². The molecule has 2 N–H and O–H groups in total. The maximum absolute atomic E-state index is 9.79. The van der Waals surface area contributed by atoms with Crippen molar-refractivity contribution < 1.29 is 10.2 Å². The Bertz CT molecular complexity index is 687. The fourth-order valence-electron chi connectivity index (χ4n) is 1.88. The van der Waals surface area contributed by atoms with Gasteiger partial charge in [-0.25, -0.2) is 4.68 Å². The van der Waals surface area contributed by atoms with Crippen LogP contribution in [0, 0.1) is 0 Å². The molecule has 5 nitrogen and oxygen atoms in total. The third-order valence-corrected chi connectivity index (χ3v) is 2.79. The average molecular weight is 253 g/mol. The van der Waals surface area contributed by atoms with E-state index in [2.05, 4.69) is 10.3 Å². The lowest BCUT2D eigenvalue weighted by Crippen LogP contribution is -1.93. The Hall–Kier alpha value is -2.82. The molecule has 0 fully saturated rings. The minimum Gasteiger partial charge on any atom is -0.507 e. The summed E-state index contributed by atoms with van der Waals surface area (Å²) in [6.45, 7) is 0. The van der Waals surface area contributed by atoms with E-state index < -0.39 is 0 Å². The van der Waals surface area contributed by atoms with Crippen molar-refractivity contribution in [2.45, 2.75) is 0 Å².